The molecule has 1 aliphatic carbocycles. The summed E-state index contributed by atoms with van der Waals surface area (Å²) in [6.45, 7) is 0.757. The predicted molar refractivity (Wildman–Crippen MR) is 104 cm³/mol. The molecule has 0 atom stereocenters. The number of ether oxygens (including phenoxy) is 1. The van der Waals surface area contributed by atoms with Crippen LogP contribution >= 0.6 is 0 Å². The van der Waals surface area contributed by atoms with E-state index in [9.17, 15) is 4.79 Å². The summed E-state index contributed by atoms with van der Waals surface area (Å²) < 4.78 is 5.17. The summed E-state index contributed by atoms with van der Waals surface area (Å²) >= 11 is 0. The van der Waals surface area contributed by atoms with Crippen molar-refractivity contribution in [2.45, 2.75) is 44.6 Å². The molecule has 138 valence electrons. The molecule has 1 saturated carbocycles. The zero-order valence-electron chi connectivity index (χ0n) is 15.3. The maximum Gasteiger partial charge on any atom is 0.251 e. The fraction of sp³-hybridized carbons (Fsp3) is 0.429. The molecule has 0 aliphatic heterocycles. The number of methoxy groups -OCH3 is 1. The van der Waals surface area contributed by atoms with Crippen LogP contribution in [-0.4, -0.2) is 30.6 Å². The number of rotatable bonds is 7. The van der Waals surface area contributed by atoms with Crippen LogP contribution in [0.2, 0.25) is 0 Å². The number of anilines is 1. The lowest BCUT2D eigenvalue weighted by Crippen LogP contribution is -2.36. The van der Waals surface area contributed by atoms with Gasteiger partial charge in [0, 0.05) is 24.3 Å². The van der Waals surface area contributed by atoms with Crippen LogP contribution < -0.4 is 15.4 Å². The average Bonchev–Trinajstić information content (AvgIpc) is 2.69. The van der Waals surface area contributed by atoms with Crippen molar-refractivity contribution in [3.8, 4) is 5.75 Å². The minimum atomic E-state index is -0.00231. The van der Waals surface area contributed by atoms with Gasteiger partial charge >= 0.3 is 0 Å². The molecule has 0 bridgehead atoms. The molecule has 1 aliphatic rings. The maximum atomic E-state index is 12.4. The predicted octanol–water partition coefficient (Wildman–Crippen LogP) is 3.81. The summed E-state index contributed by atoms with van der Waals surface area (Å²) in [5.41, 5.74) is 1.89. The van der Waals surface area contributed by atoms with Gasteiger partial charge < -0.3 is 15.4 Å². The Balaban J connectivity index is 1.50. The Kier molecular flexibility index (Phi) is 6.47. The van der Waals surface area contributed by atoms with E-state index < -0.39 is 0 Å². The summed E-state index contributed by atoms with van der Waals surface area (Å²) in [5, 5.41) is 6.45. The molecule has 3 rings (SSSR count). The standard InChI is InChI=1S/C21H27N3O2/c1-26-19-9-7-16(8-10-19)11-13-22-20-15-17(12-14-23-20)21(25)24-18-5-3-2-4-6-18/h7-10,12,14-15,18H,2-6,11,13H2,1H3,(H,22,23)(H,24,25). The van der Waals surface area contributed by atoms with E-state index in [1.807, 2.05) is 18.2 Å². The van der Waals surface area contributed by atoms with Crippen molar-refractivity contribution in [2.75, 3.05) is 19.0 Å². The molecule has 1 fully saturated rings. The Morgan fingerprint density at radius 1 is 1.15 bits per heavy atom. The van der Waals surface area contributed by atoms with Crippen LogP contribution in [-0.2, 0) is 6.42 Å². The number of aromatic nitrogens is 1. The molecule has 1 amide bonds. The van der Waals surface area contributed by atoms with Crippen molar-refractivity contribution in [1.82, 2.24) is 10.3 Å². The van der Waals surface area contributed by atoms with Gasteiger partial charge in [-0.25, -0.2) is 4.98 Å². The van der Waals surface area contributed by atoms with E-state index in [2.05, 4.69) is 27.8 Å². The summed E-state index contributed by atoms with van der Waals surface area (Å²) in [6, 6.07) is 12.0. The van der Waals surface area contributed by atoms with Gasteiger partial charge in [-0.15, -0.1) is 0 Å². The summed E-state index contributed by atoms with van der Waals surface area (Å²) in [5.74, 6) is 1.59. The molecule has 0 unspecified atom stereocenters. The first-order valence-electron chi connectivity index (χ1n) is 9.38. The molecule has 1 aromatic carbocycles. The van der Waals surface area contributed by atoms with Crippen LogP contribution in [0.25, 0.3) is 0 Å². The van der Waals surface area contributed by atoms with Gasteiger partial charge in [0.1, 0.15) is 11.6 Å². The molecular weight excluding hydrogens is 326 g/mol. The highest BCUT2D eigenvalue weighted by molar-refractivity contribution is 5.95. The largest absolute Gasteiger partial charge is 0.497 e. The quantitative estimate of drug-likeness (QED) is 0.794. The number of hydrogen-bond donors (Lipinski definition) is 2. The van der Waals surface area contributed by atoms with Crippen LogP contribution in [0.1, 0.15) is 48.0 Å². The average molecular weight is 353 g/mol. The lowest BCUT2D eigenvalue weighted by Gasteiger charge is -2.22. The van der Waals surface area contributed by atoms with Crippen LogP contribution in [0.5, 0.6) is 5.75 Å². The fourth-order valence-electron chi connectivity index (χ4n) is 3.31. The van der Waals surface area contributed by atoms with Gasteiger partial charge in [-0.3, -0.25) is 4.79 Å². The lowest BCUT2D eigenvalue weighted by molar-refractivity contribution is 0.0927. The first-order chi connectivity index (χ1) is 12.7. The molecule has 1 aromatic heterocycles. The molecule has 5 nitrogen and oxygen atoms in total. The highest BCUT2D eigenvalue weighted by Crippen LogP contribution is 2.18. The molecule has 0 saturated heterocycles. The molecule has 2 aromatic rings. The Bertz CT molecular complexity index is 709. The van der Waals surface area contributed by atoms with E-state index in [4.69, 9.17) is 4.74 Å². The third kappa shape index (κ3) is 5.22. The molecule has 26 heavy (non-hydrogen) atoms. The minimum absolute atomic E-state index is 0.00231. The van der Waals surface area contributed by atoms with Gasteiger partial charge in [0.25, 0.3) is 5.91 Å². The fourth-order valence-corrected chi connectivity index (χ4v) is 3.31. The second-order valence-electron chi connectivity index (χ2n) is 6.76. The van der Waals surface area contributed by atoms with E-state index in [0.29, 0.717) is 11.6 Å². The SMILES string of the molecule is COc1ccc(CCNc2cc(C(=O)NC3CCCCC3)ccn2)cc1. The second kappa shape index (κ2) is 9.22. The van der Waals surface area contributed by atoms with Gasteiger partial charge in [0.05, 0.1) is 7.11 Å². The molecule has 0 spiro atoms. The Morgan fingerprint density at radius 3 is 2.65 bits per heavy atom. The summed E-state index contributed by atoms with van der Waals surface area (Å²) in [6.07, 6.45) is 8.44. The monoisotopic (exact) mass is 353 g/mol. The van der Waals surface area contributed by atoms with E-state index in [1.165, 1.54) is 24.8 Å². The van der Waals surface area contributed by atoms with Crippen LogP contribution in [0.4, 0.5) is 5.82 Å². The van der Waals surface area contributed by atoms with Crippen molar-refractivity contribution >= 4 is 11.7 Å². The topological polar surface area (TPSA) is 63.2 Å². The van der Waals surface area contributed by atoms with E-state index in [1.54, 1.807) is 19.4 Å². The van der Waals surface area contributed by atoms with E-state index >= 15 is 0 Å². The number of benzene rings is 1. The van der Waals surface area contributed by atoms with E-state index in [-0.39, 0.29) is 5.91 Å². The van der Waals surface area contributed by atoms with Crippen LogP contribution in [0.15, 0.2) is 42.6 Å². The first-order valence-corrected chi connectivity index (χ1v) is 9.38. The molecule has 1 heterocycles. The highest BCUT2D eigenvalue weighted by Gasteiger charge is 2.16. The number of amides is 1. The number of nitrogens with zero attached hydrogens (tertiary/aromatic N) is 1. The Labute approximate surface area is 155 Å². The van der Waals surface area contributed by atoms with Crippen molar-refractivity contribution < 1.29 is 9.53 Å². The first kappa shape index (κ1) is 18.2. The van der Waals surface area contributed by atoms with Gasteiger partial charge in [0.2, 0.25) is 0 Å². The smallest absolute Gasteiger partial charge is 0.251 e. The Hall–Kier alpha value is -2.56. The number of carbonyl (C=O) groups excluding carboxylic acids is 1. The van der Waals surface area contributed by atoms with E-state index in [0.717, 1.165) is 37.4 Å². The zero-order chi connectivity index (χ0) is 18.2. The summed E-state index contributed by atoms with van der Waals surface area (Å²) in [7, 11) is 1.67. The number of nitrogens with one attached hydrogen (secondary N) is 2. The zero-order valence-corrected chi connectivity index (χ0v) is 15.3. The van der Waals surface area contributed by atoms with Gasteiger partial charge in [-0.2, -0.15) is 0 Å². The van der Waals surface area contributed by atoms with Gasteiger partial charge in [0.15, 0.2) is 0 Å². The van der Waals surface area contributed by atoms with Gasteiger partial charge in [-0.05, 0) is 49.1 Å². The number of pyridine rings is 1. The third-order valence-electron chi connectivity index (χ3n) is 4.84. The number of carbonyl (C=O) groups is 1. The highest BCUT2D eigenvalue weighted by atomic mass is 16.5. The summed E-state index contributed by atoms with van der Waals surface area (Å²) in [4.78, 5) is 16.8. The molecule has 5 heteroatoms. The van der Waals surface area contributed by atoms with Crippen LogP contribution in [0.3, 0.4) is 0 Å². The van der Waals surface area contributed by atoms with Gasteiger partial charge in [-0.1, -0.05) is 31.4 Å². The van der Waals surface area contributed by atoms with Crippen molar-refractivity contribution in [3.63, 3.8) is 0 Å². The minimum Gasteiger partial charge on any atom is -0.497 e. The molecule has 0 radical (unpaired) electrons. The normalized spacial score (nSPS) is 14.7. The second-order valence-corrected chi connectivity index (χ2v) is 6.76. The van der Waals surface area contributed by atoms with Crippen molar-refractivity contribution in [2.24, 2.45) is 0 Å². The van der Waals surface area contributed by atoms with Crippen molar-refractivity contribution in [3.05, 3.63) is 53.7 Å². The molecule has 2 N–H and O–H groups in total. The molecular formula is C21H27N3O2. The maximum absolute atomic E-state index is 12.4. The Morgan fingerprint density at radius 2 is 1.92 bits per heavy atom. The third-order valence-corrected chi connectivity index (χ3v) is 4.84. The van der Waals surface area contributed by atoms with Crippen molar-refractivity contribution in [1.29, 1.82) is 0 Å². The number of hydrogen-bond acceptors (Lipinski definition) is 4. The van der Waals surface area contributed by atoms with Crippen LogP contribution in [0, 0.1) is 0 Å². The lowest BCUT2D eigenvalue weighted by atomic mass is 9.95.